The Hall–Kier alpha value is -1.94. The van der Waals surface area contributed by atoms with Crippen molar-refractivity contribution in [3.8, 4) is 0 Å². The minimum Gasteiger partial charge on any atom is -0.462 e. The van der Waals surface area contributed by atoms with Crippen LogP contribution >= 0.6 is 15.6 Å². The van der Waals surface area contributed by atoms with Gasteiger partial charge in [-0.3, -0.25) is 37.3 Å². The molecule has 0 spiro atoms. The number of phosphoric ester groups is 2. The first-order valence-corrected chi connectivity index (χ1v) is 41.9. The van der Waals surface area contributed by atoms with Crippen LogP contribution in [-0.4, -0.2) is 96.7 Å². The quantitative estimate of drug-likeness (QED) is 0.0222. The molecule has 0 aromatic heterocycles. The van der Waals surface area contributed by atoms with E-state index in [1.165, 1.54) is 193 Å². The van der Waals surface area contributed by atoms with Gasteiger partial charge in [-0.1, -0.05) is 331 Å². The van der Waals surface area contributed by atoms with E-state index < -0.39 is 97.5 Å². The Kier molecular flexibility index (Phi) is 64.3. The SMILES string of the molecule is CCCCCCCCCCCCCCC(=O)OC[C@H](COP(=O)(O)OC[C@H](O)COP(=O)(O)OC[C@@H](COC(=O)CCCCCCCCCCCCC(C)CC)OC(=O)CCCCCCCCCCCCCC(C)C)OC(=O)CCCCCCCCCCCCC(C)CC. The van der Waals surface area contributed by atoms with Crippen molar-refractivity contribution < 1.29 is 80.2 Å². The van der Waals surface area contributed by atoms with Crippen molar-refractivity contribution in [3.05, 3.63) is 0 Å². The molecule has 4 unspecified atom stereocenters. The van der Waals surface area contributed by atoms with Crippen molar-refractivity contribution in [1.82, 2.24) is 0 Å². The fourth-order valence-corrected chi connectivity index (χ4v) is 12.9. The van der Waals surface area contributed by atoms with Crippen molar-refractivity contribution >= 4 is 39.5 Å². The lowest BCUT2D eigenvalue weighted by Crippen LogP contribution is -2.30. The lowest BCUT2D eigenvalue weighted by atomic mass is 9.99. The van der Waals surface area contributed by atoms with E-state index >= 15 is 0 Å². The zero-order valence-electron chi connectivity index (χ0n) is 61.4. The van der Waals surface area contributed by atoms with Crippen LogP contribution in [-0.2, 0) is 65.4 Å². The predicted molar refractivity (Wildman–Crippen MR) is 381 cm³/mol. The number of aliphatic hydroxyl groups excluding tert-OH is 1. The van der Waals surface area contributed by atoms with E-state index in [4.69, 9.17) is 37.0 Å². The minimum absolute atomic E-state index is 0.106. The standard InChI is InChI=1S/C75H146O17P2/c1-8-11-12-13-14-15-16-19-28-35-42-49-56-72(77)85-62-71(92-75(80)59-52-45-38-31-24-22-27-34-41-48-55-68(7)10-3)65-90-94(83,84)88-61-69(76)60-87-93(81,82)89-64-70(91-74(79)58-51-44-37-30-20-17-18-25-32-39-46-53-66(4)5)63-86-73(78)57-50-43-36-29-23-21-26-33-40-47-54-67(6)9-2/h66-71,76H,8-65H2,1-7H3,(H,81,82)(H,83,84)/t67?,68?,69-,70-,71-/m1/s1. The van der Waals surface area contributed by atoms with Crippen LogP contribution in [0.2, 0.25) is 0 Å². The Morgan fingerprint density at radius 3 is 0.809 bits per heavy atom. The molecule has 0 bridgehead atoms. The third kappa shape index (κ3) is 66.0. The van der Waals surface area contributed by atoms with Crippen LogP contribution in [0.3, 0.4) is 0 Å². The van der Waals surface area contributed by atoms with Crippen LogP contribution in [0.15, 0.2) is 0 Å². The fraction of sp³-hybridized carbons (Fsp3) is 0.947. The van der Waals surface area contributed by atoms with Gasteiger partial charge in [0.15, 0.2) is 12.2 Å². The van der Waals surface area contributed by atoms with E-state index in [1.54, 1.807) is 0 Å². The van der Waals surface area contributed by atoms with Crippen LogP contribution in [0.1, 0.15) is 382 Å². The van der Waals surface area contributed by atoms with Crippen molar-refractivity contribution in [3.63, 3.8) is 0 Å². The maximum Gasteiger partial charge on any atom is 0.472 e. The van der Waals surface area contributed by atoms with Gasteiger partial charge in [-0.25, -0.2) is 9.13 Å². The maximum absolute atomic E-state index is 13.1. The maximum atomic E-state index is 13.1. The molecule has 94 heavy (non-hydrogen) atoms. The van der Waals surface area contributed by atoms with Crippen molar-refractivity contribution in [2.75, 3.05) is 39.6 Å². The van der Waals surface area contributed by atoms with Gasteiger partial charge in [-0.05, 0) is 43.4 Å². The normalized spacial score (nSPS) is 14.7. The Labute approximate surface area is 575 Å². The summed E-state index contributed by atoms with van der Waals surface area (Å²) in [7, 11) is -9.91. The number of esters is 4. The molecule has 0 fully saturated rings. The van der Waals surface area contributed by atoms with Crippen LogP contribution in [0.4, 0.5) is 0 Å². The van der Waals surface area contributed by atoms with E-state index in [-0.39, 0.29) is 25.7 Å². The van der Waals surface area contributed by atoms with E-state index in [2.05, 4.69) is 48.5 Å². The third-order valence-electron chi connectivity index (χ3n) is 18.1. The van der Waals surface area contributed by atoms with E-state index in [0.29, 0.717) is 25.7 Å². The first-order valence-electron chi connectivity index (χ1n) is 38.9. The molecule has 0 radical (unpaired) electrons. The summed E-state index contributed by atoms with van der Waals surface area (Å²) in [5.41, 5.74) is 0. The largest absolute Gasteiger partial charge is 0.472 e. The predicted octanol–water partition coefficient (Wildman–Crippen LogP) is 21.8. The molecule has 0 saturated carbocycles. The molecule has 0 aliphatic rings. The number of phosphoric acid groups is 2. The molecular weight excluding hydrogens is 1230 g/mol. The molecule has 0 heterocycles. The number of carbonyl (C=O) groups excluding carboxylic acids is 4. The average molecular weight is 1380 g/mol. The number of ether oxygens (including phenoxy) is 4. The van der Waals surface area contributed by atoms with Crippen molar-refractivity contribution in [2.45, 2.75) is 401 Å². The van der Waals surface area contributed by atoms with Gasteiger partial charge < -0.3 is 33.8 Å². The second-order valence-electron chi connectivity index (χ2n) is 28.0. The summed E-state index contributed by atoms with van der Waals surface area (Å²) < 4.78 is 68.5. The molecule has 19 heteroatoms. The van der Waals surface area contributed by atoms with Gasteiger partial charge in [0.05, 0.1) is 26.4 Å². The van der Waals surface area contributed by atoms with Crippen molar-refractivity contribution in [2.24, 2.45) is 17.8 Å². The van der Waals surface area contributed by atoms with Crippen LogP contribution in [0.5, 0.6) is 0 Å². The summed E-state index contributed by atoms with van der Waals surface area (Å²) in [6.45, 7) is 11.9. The number of hydrogen-bond acceptors (Lipinski definition) is 15. The van der Waals surface area contributed by atoms with E-state index in [1.807, 2.05) is 0 Å². The Morgan fingerprint density at radius 2 is 0.543 bits per heavy atom. The lowest BCUT2D eigenvalue weighted by molar-refractivity contribution is -0.161. The van der Waals surface area contributed by atoms with Gasteiger partial charge in [-0.2, -0.15) is 0 Å². The Bertz CT molecular complexity index is 1840. The molecule has 0 aromatic rings. The van der Waals surface area contributed by atoms with Crippen molar-refractivity contribution in [1.29, 1.82) is 0 Å². The highest BCUT2D eigenvalue weighted by Crippen LogP contribution is 2.45. The summed E-state index contributed by atoms with van der Waals surface area (Å²) in [6.07, 6.45) is 51.0. The molecule has 7 atom stereocenters. The highest BCUT2D eigenvalue weighted by molar-refractivity contribution is 7.47. The summed E-state index contributed by atoms with van der Waals surface area (Å²) in [5.74, 6) is 0.260. The average Bonchev–Trinajstić information content (AvgIpc) is 3.67. The first kappa shape index (κ1) is 92.1. The smallest absolute Gasteiger partial charge is 0.462 e. The van der Waals surface area contributed by atoms with E-state index in [9.17, 15) is 43.2 Å². The zero-order chi connectivity index (χ0) is 69.4. The number of unbranched alkanes of at least 4 members (excludes halogenated alkanes) is 39. The molecule has 0 amide bonds. The van der Waals surface area contributed by atoms with Gasteiger partial charge in [0.2, 0.25) is 0 Å². The molecule has 558 valence electrons. The third-order valence-corrected chi connectivity index (χ3v) is 20.0. The lowest BCUT2D eigenvalue weighted by Gasteiger charge is -2.21. The number of hydrogen-bond donors (Lipinski definition) is 3. The molecule has 0 aromatic carbocycles. The highest BCUT2D eigenvalue weighted by atomic mass is 31.2. The Balaban J connectivity index is 5.28. The zero-order valence-corrected chi connectivity index (χ0v) is 63.2. The summed E-state index contributed by atoms with van der Waals surface area (Å²) in [6, 6.07) is 0. The molecule has 0 aliphatic heterocycles. The fourth-order valence-electron chi connectivity index (χ4n) is 11.4. The summed E-state index contributed by atoms with van der Waals surface area (Å²) >= 11 is 0. The molecule has 0 saturated heterocycles. The Morgan fingerprint density at radius 1 is 0.309 bits per heavy atom. The topological polar surface area (TPSA) is 237 Å². The summed E-state index contributed by atoms with van der Waals surface area (Å²) in [4.78, 5) is 72.8. The minimum atomic E-state index is -4.96. The first-order chi connectivity index (χ1) is 45.3. The second kappa shape index (κ2) is 65.7. The molecule has 17 nitrogen and oxygen atoms in total. The van der Waals surface area contributed by atoms with Crippen LogP contribution in [0, 0.1) is 17.8 Å². The van der Waals surface area contributed by atoms with Gasteiger partial charge in [0.25, 0.3) is 0 Å². The number of carbonyl (C=O) groups is 4. The second-order valence-corrected chi connectivity index (χ2v) is 30.9. The molecule has 0 aliphatic carbocycles. The highest BCUT2D eigenvalue weighted by Gasteiger charge is 2.30. The number of rotatable bonds is 73. The van der Waals surface area contributed by atoms with E-state index in [0.717, 1.165) is 108 Å². The van der Waals surface area contributed by atoms with Gasteiger partial charge in [0, 0.05) is 25.7 Å². The van der Waals surface area contributed by atoms with Crippen LogP contribution in [0.25, 0.3) is 0 Å². The van der Waals surface area contributed by atoms with Gasteiger partial charge in [0.1, 0.15) is 19.3 Å². The molecule has 0 rings (SSSR count). The van der Waals surface area contributed by atoms with Crippen LogP contribution < -0.4 is 0 Å². The number of aliphatic hydroxyl groups is 1. The monoisotopic (exact) mass is 1380 g/mol. The van der Waals surface area contributed by atoms with Gasteiger partial charge in [-0.15, -0.1) is 0 Å². The van der Waals surface area contributed by atoms with Gasteiger partial charge >= 0.3 is 39.5 Å². The molecular formula is C75H146O17P2. The molecule has 3 N–H and O–H groups in total. The summed E-state index contributed by atoms with van der Waals surface area (Å²) in [5, 5.41) is 10.6.